The van der Waals surface area contributed by atoms with Crippen molar-refractivity contribution in [1.82, 2.24) is 14.7 Å². The van der Waals surface area contributed by atoms with E-state index in [1.165, 1.54) is 25.7 Å². The summed E-state index contributed by atoms with van der Waals surface area (Å²) in [6, 6.07) is 1.98. The molecule has 5 heteroatoms. The highest BCUT2D eigenvalue weighted by Crippen LogP contribution is 2.40. The van der Waals surface area contributed by atoms with Gasteiger partial charge in [-0.1, -0.05) is 0 Å². The van der Waals surface area contributed by atoms with Gasteiger partial charge < -0.3 is 10.6 Å². The molecule has 0 aromatic carbocycles. The van der Waals surface area contributed by atoms with Crippen molar-refractivity contribution in [3.63, 3.8) is 0 Å². The molecule has 94 valence electrons. The third-order valence-corrected chi connectivity index (χ3v) is 5.80. The quantitative estimate of drug-likeness (QED) is 0.793. The topological polar surface area (TPSA) is 47.1 Å². The van der Waals surface area contributed by atoms with E-state index in [1.807, 2.05) is 6.92 Å². The van der Waals surface area contributed by atoms with Crippen molar-refractivity contribution in [1.29, 1.82) is 0 Å². The lowest BCUT2D eigenvalue weighted by atomic mass is 9.98. The molecule has 0 radical (unpaired) electrons. The van der Waals surface area contributed by atoms with Gasteiger partial charge in [0.1, 0.15) is 5.82 Å². The van der Waals surface area contributed by atoms with Gasteiger partial charge in [-0.05, 0) is 62.2 Å². The van der Waals surface area contributed by atoms with Crippen LogP contribution in [-0.2, 0) is 0 Å². The van der Waals surface area contributed by atoms with E-state index in [-0.39, 0.29) is 0 Å². The third-order valence-electron chi connectivity index (χ3n) is 4.47. The van der Waals surface area contributed by atoms with Gasteiger partial charge in [-0.15, -0.1) is 0 Å². The second-order valence-corrected chi connectivity index (χ2v) is 6.48. The summed E-state index contributed by atoms with van der Waals surface area (Å²) >= 11 is 2.30. The molecule has 2 N–H and O–H groups in total. The Labute approximate surface area is 116 Å². The van der Waals surface area contributed by atoms with E-state index in [4.69, 9.17) is 5.73 Å². The number of nitrogens with two attached hydrogens (primary N) is 1. The molecule has 0 saturated carbocycles. The molecular weight excluding hydrogens is 327 g/mol. The van der Waals surface area contributed by atoms with Crippen LogP contribution < -0.4 is 5.73 Å². The molecule has 4 nitrogen and oxygen atoms in total. The van der Waals surface area contributed by atoms with Gasteiger partial charge in [-0.3, -0.25) is 0 Å². The summed E-state index contributed by atoms with van der Waals surface area (Å²) in [5.41, 5.74) is 7.22. The maximum Gasteiger partial charge on any atom is 0.135 e. The Kier molecular flexibility index (Phi) is 2.85. The summed E-state index contributed by atoms with van der Waals surface area (Å²) in [6.45, 7) is 2.04. The van der Waals surface area contributed by atoms with Crippen LogP contribution in [0.3, 0.4) is 0 Å². The smallest absolute Gasteiger partial charge is 0.135 e. The lowest BCUT2D eigenvalue weighted by molar-refractivity contribution is 0.132. The van der Waals surface area contributed by atoms with Crippen molar-refractivity contribution >= 4 is 28.4 Å². The Bertz CT molecular complexity index is 428. The summed E-state index contributed by atoms with van der Waals surface area (Å²) in [6.07, 6.45) is 5.09. The molecule has 17 heavy (non-hydrogen) atoms. The van der Waals surface area contributed by atoms with Gasteiger partial charge in [0.2, 0.25) is 0 Å². The molecule has 2 aliphatic heterocycles. The van der Waals surface area contributed by atoms with E-state index in [0.29, 0.717) is 6.04 Å². The molecule has 1 aromatic heterocycles. The first kappa shape index (κ1) is 11.8. The number of nitrogens with zero attached hydrogens (tertiary/aromatic N) is 3. The maximum absolute atomic E-state index is 6.16. The third kappa shape index (κ3) is 1.78. The summed E-state index contributed by atoms with van der Waals surface area (Å²) in [5.74, 6) is 0.858. The van der Waals surface area contributed by atoms with Crippen LogP contribution in [0.1, 0.15) is 37.4 Å². The Morgan fingerprint density at radius 1 is 1.24 bits per heavy atom. The van der Waals surface area contributed by atoms with Gasteiger partial charge in [0.15, 0.2) is 0 Å². The Morgan fingerprint density at radius 3 is 2.29 bits per heavy atom. The first-order chi connectivity index (χ1) is 8.08. The molecule has 3 rings (SSSR count). The number of rotatable bonds is 1. The van der Waals surface area contributed by atoms with E-state index in [2.05, 4.69) is 44.3 Å². The van der Waals surface area contributed by atoms with Gasteiger partial charge in [0.05, 0.1) is 15.3 Å². The molecule has 0 aliphatic carbocycles. The van der Waals surface area contributed by atoms with Crippen molar-refractivity contribution in [2.24, 2.45) is 0 Å². The second kappa shape index (κ2) is 4.12. The number of aryl methyl sites for hydroxylation is 1. The first-order valence-electron chi connectivity index (χ1n) is 6.30. The molecule has 2 saturated heterocycles. The van der Waals surface area contributed by atoms with Gasteiger partial charge in [-0.2, -0.15) is 5.10 Å². The Morgan fingerprint density at radius 2 is 1.82 bits per heavy atom. The molecule has 3 heterocycles. The second-order valence-electron chi connectivity index (χ2n) is 5.40. The van der Waals surface area contributed by atoms with Gasteiger partial charge in [0, 0.05) is 12.1 Å². The normalized spacial score (nSPS) is 33.2. The highest BCUT2D eigenvalue weighted by atomic mass is 127. The molecular formula is C12H19IN4. The van der Waals surface area contributed by atoms with Crippen LogP contribution >= 0.6 is 22.6 Å². The largest absolute Gasteiger partial charge is 0.383 e. The molecule has 2 fully saturated rings. The van der Waals surface area contributed by atoms with Crippen molar-refractivity contribution < 1.29 is 0 Å². The molecule has 0 spiro atoms. The minimum atomic E-state index is 0.505. The summed E-state index contributed by atoms with van der Waals surface area (Å²) in [5, 5.41) is 4.62. The van der Waals surface area contributed by atoms with Crippen molar-refractivity contribution in [3.05, 3.63) is 9.26 Å². The fraction of sp³-hybridized carbons (Fsp3) is 0.750. The minimum absolute atomic E-state index is 0.505. The predicted molar refractivity (Wildman–Crippen MR) is 76.9 cm³/mol. The fourth-order valence-corrected chi connectivity index (χ4v) is 3.76. The van der Waals surface area contributed by atoms with Crippen LogP contribution in [0.15, 0.2) is 0 Å². The fourth-order valence-electron chi connectivity index (χ4n) is 3.41. The average Bonchev–Trinajstić information content (AvgIpc) is 2.69. The predicted octanol–water partition coefficient (Wildman–Crippen LogP) is 2.18. The van der Waals surface area contributed by atoms with Crippen LogP contribution in [0.4, 0.5) is 5.82 Å². The van der Waals surface area contributed by atoms with Crippen molar-refractivity contribution in [2.45, 2.75) is 50.7 Å². The highest BCUT2D eigenvalue weighted by Gasteiger charge is 2.39. The van der Waals surface area contributed by atoms with Gasteiger partial charge in [0.25, 0.3) is 0 Å². The molecule has 2 unspecified atom stereocenters. The zero-order chi connectivity index (χ0) is 12.2. The maximum atomic E-state index is 6.16. The first-order valence-corrected chi connectivity index (χ1v) is 7.37. The van der Waals surface area contributed by atoms with Crippen molar-refractivity contribution in [3.8, 4) is 0 Å². The monoisotopic (exact) mass is 346 g/mol. The number of halogens is 1. The minimum Gasteiger partial charge on any atom is -0.383 e. The van der Waals surface area contributed by atoms with E-state index < -0.39 is 0 Å². The van der Waals surface area contributed by atoms with Gasteiger partial charge in [-0.25, -0.2) is 4.68 Å². The van der Waals surface area contributed by atoms with Gasteiger partial charge >= 0.3 is 0 Å². The average molecular weight is 346 g/mol. The molecule has 0 amide bonds. The van der Waals surface area contributed by atoms with Crippen LogP contribution in [0.2, 0.25) is 0 Å². The summed E-state index contributed by atoms with van der Waals surface area (Å²) < 4.78 is 3.20. The van der Waals surface area contributed by atoms with Crippen molar-refractivity contribution in [2.75, 3.05) is 12.8 Å². The van der Waals surface area contributed by atoms with E-state index in [1.54, 1.807) is 0 Å². The van der Waals surface area contributed by atoms with E-state index in [9.17, 15) is 0 Å². The number of fused-ring (bicyclic) bond motifs is 2. The molecule has 2 atom stereocenters. The lowest BCUT2D eigenvalue weighted by Gasteiger charge is -2.36. The van der Waals surface area contributed by atoms with Crippen LogP contribution in [0.5, 0.6) is 0 Å². The zero-order valence-corrected chi connectivity index (χ0v) is 12.5. The standard InChI is InChI=1S/C12H19IN4/c1-7-11(13)12(14)17(15-7)10-5-8-3-4-9(6-10)16(8)2/h8-10H,3-6,14H2,1-2H3. The summed E-state index contributed by atoms with van der Waals surface area (Å²) in [7, 11) is 2.26. The number of aromatic nitrogens is 2. The number of nitrogen functional groups attached to an aromatic ring is 1. The Balaban J connectivity index is 1.89. The molecule has 1 aromatic rings. The van der Waals surface area contributed by atoms with Crippen LogP contribution in [-0.4, -0.2) is 33.8 Å². The molecule has 2 bridgehead atoms. The van der Waals surface area contributed by atoms with Crippen LogP contribution in [0.25, 0.3) is 0 Å². The Hall–Kier alpha value is -0.300. The summed E-state index contributed by atoms with van der Waals surface area (Å²) in [4.78, 5) is 2.55. The highest BCUT2D eigenvalue weighted by molar-refractivity contribution is 14.1. The number of hydrogen-bond donors (Lipinski definition) is 1. The van der Waals surface area contributed by atoms with E-state index in [0.717, 1.165) is 27.2 Å². The number of hydrogen-bond acceptors (Lipinski definition) is 3. The van der Waals surface area contributed by atoms with Crippen LogP contribution in [0, 0.1) is 10.5 Å². The number of anilines is 1. The molecule has 2 aliphatic rings. The SMILES string of the molecule is Cc1nn(C2CC3CCC(C2)N3C)c(N)c1I. The van der Waals surface area contributed by atoms with E-state index >= 15 is 0 Å². The zero-order valence-electron chi connectivity index (χ0n) is 10.4. The number of piperidine rings is 1. The lowest BCUT2D eigenvalue weighted by Crippen LogP contribution is -2.41.